The van der Waals surface area contributed by atoms with E-state index in [1.165, 1.54) is 37.3 Å². The molecule has 0 unspecified atom stereocenters. The third kappa shape index (κ3) is 6.54. The number of aryl methyl sites for hydroxylation is 1. The number of nitrogens with zero attached hydrogens (tertiary/aromatic N) is 5. The summed E-state index contributed by atoms with van der Waals surface area (Å²) >= 11 is 5.06. The first-order valence-electron chi connectivity index (χ1n) is 13.9. The molecule has 3 N–H and O–H groups in total. The normalized spacial score (nSPS) is 17.7. The van der Waals surface area contributed by atoms with Crippen molar-refractivity contribution in [3.05, 3.63) is 44.7 Å². The summed E-state index contributed by atoms with van der Waals surface area (Å²) in [5.74, 6) is 1.93. The Hall–Kier alpha value is -2.44. The number of methoxy groups -OCH3 is 1. The van der Waals surface area contributed by atoms with Gasteiger partial charge in [-0.3, -0.25) is 4.90 Å². The molecule has 0 radical (unpaired) electrons. The predicted molar refractivity (Wildman–Crippen MR) is 168 cm³/mol. The Kier molecular flexibility index (Phi) is 8.86. The fourth-order valence-electron chi connectivity index (χ4n) is 5.52. The smallest absolute Gasteiger partial charge is 0.229 e. The number of aromatic nitrogens is 2. The molecule has 216 valence electrons. The van der Waals surface area contributed by atoms with Crippen molar-refractivity contribution in [1.29, 1.82) is 0 Å². The Bertz CT molecular complexity index is 1310. The number of halogens is 1. The molecule has 2 saturated heterocycles. The first-order chi connectivity index (χ1) is 19.1. The molecule has 0 amide bonds. The zero-order chi connectivity index (χ0) is 28.4. The standard InChI is InChI=1S/C29H40BrN7O2S/c1-19-16-24(37-9-6-20(7-10-37)36-13-11-35(4)12-14-36)25(39-5)17-23(19)33-28-31-18-21(30)27(34-28)32-22-8-15-40-26(22)29(2,3)38/h8,15-18,20,38H,6-7,9-14H2,1-5H3,(H2,31,32,33,34). The molecule has 0 bridgehead atoms. The van der Waals surface area contributed by atoms with Crippen LogP contribution in [0.25, 0.3) is 0 Å². The highest BCUT2D eigenvalue weighted by Crippen LogP contribution is 2.38. The summed E-state index contributed by atoms with van der Waals surface area (Å²) < 4.78 is 6.60. The van der Waals surface area contributed by atoms with Gasteiger partial charge in [-0.2, -0.15) is 4.98 Å². The number of piperazine rings is 1. The summed E-state index contributed by atoms with van der Waals surface area (Å²) in [6.07, 6.45) is 4.07. The second kappa shape index (κ2) is 12.2. The fourth-order valence-corrected chi connectivity index (χ4v) is 6.69. The number of rotatable bonds is 8. The molecule has 0 atom stereocenters. The Balaban J connectivity index is 1.29. The van der Waals surface area contributed by atoms with Crippen LogP contribution in [-0.2, 0) is 5.60 Å². The van der Waals surface area contributed by atoms with Crippen molar-refractivity contribution >= 4 is 56.1 Å². The van der Waals surface area contributed by atoms with Crippen LogP contribution in [0.3, 0.4) is 0 Å². The molecule has 11 heteroatoms. The summed E-state index contributed by atoms with van der Waals surface area (Å²) in [5, 5.41) is 19.2. The highest BCUT2D eigenvalue weighted by Gasteiger charge is 2.28. The number of hydrogen-bond donors (Lipinski definition) is 3. The van der Waals surface area contributed by atoms with E-state index in [9.17, 15) is 5.11 Å². The van der Waals surface area contributed by atoms with E-state index in [2.05, 4.69) is 66.3 Å². The maximum Gasteiger partial charge on any atom is 0.229 e. The van der Waals surface area contributed by atoms with Gasteiger partial charge in [0.25, 0.3) is 0 Å². The van der Waals surface area contributed by atoms with Gasteiger partial charge in [-0.25, -0.2) is 4.98 Å². The minimum Gasteiger partial charge on any atom is -0.495 e. The maximum absolute atomic E-state index is 10.5. The minimum atomic E-state index is -0.952. The van der Waals surface area contributed by atoms with Gasteiger partial charge in [-0.05, 0) is 79.7 Å². The average molecular weight is 631 g/mol. The van der Waals surface area contributed by atoms with E-state index in [-0.39, 0.29) is 0 Å². The van der Waals surface area contributed by atoms with E-state index in [4.69, 9.17) is 9.72 Å². The molecule has 2 fully saturated rings. The second-order valence-corrected chi connectivity index (χ2v) is 13.0. The van der Waals surface area contributed by atoms with Gasteiger partial charge < -0.3 is 30.3 Å². The van der Waals surface area contributed by atoms with Crippen LogP contribution in [0.2, 0.25) is 0 Å². The van der Waals surface area contributed by atoms with Gasteiger partial charge in [0.2, 0.25) is 5.95 Å². The molecule has 1 aromatic carbocycles. The van der Waals surface area contributed by atoms with E-state index in [1.807, 2.05) is 17.5 Å². The molecule has 3 aromatic rings. The quantitative estimate of drug-likeness (QED) is 0.297. The number of ether oxygens (including phenoxy) is 1. The predicted octanol–water partition coefficient (Wildman–Crippen LogP) is 5.55. The highest BCUT2D eigenvalue weighted by atomic mass is 79.9. The lowest BCUT2D eigenvalue weighted by atomic mass is 10.0. The number of hydrogen-bond acceptors (Lipinski definition) is 10. The summed E-state index contributed by atoms with van der Waals surface area (Å²) in [5.41, 5.74) is 3.00. The number of likely N-dealkylation sites (N-methyl/N-ethyl adjacent to an activating group) is 1. The topological polar surface area (TPSA) is 89.0 Å². The summed E-state index contributed by atoms with van der Waals surface area (Å²) in [6.45, 7) is 12.4. The molecular formula is C29H40BrN7O2S. The molecule has 0 spiro atoms. The van der Waals surface area contributed by atoms with Crippen LogP contribution in [0.4, 0.5) is 28.8 Å². The van der Waals surface area contributed by atoms with Gasteiger partial charge in [0, 0.05) is 63.3 Å². The Morgan fingerprint density at radius 2 is 1.80 bits per heavy atom. The van der Waals surface area contributed by atoms with Crippen LogP contribution in [-0.4, -0.2) is 84.3 Å². The Morgan fingerprint density at radius 3 is 2.48 bits per heavy atom. The minimum absolute atomic E-state index is 0.469. The zero-order valence-corrected chi connectivity index (χ0v) is 26.4. The van der Waals surface area contributed by atoms with Gasteiger partial charge in [0.05, 0.1) is 33.4 Å². The third-order valence-corrected chi connectivity index (χ3v) is 9.66. The van der Waals surface area contributed by atoms with Gasteiger partial charge in [-0.1, -0.05) is 0 Å². The van der Waals surface area contributed by atoms with E-state index in [0.717, 1.165) is 63.9 Å². The van der Waals surface area contributed by atoms with Crippen molar-refractivity contribution in [3.63, 3.8) is 0 Å². The number of piperidine rings is 1. The van der Waals surface area contributed by atoms with Crippen LogP contribution in [0.5, 0.6) is 5.75 Å². The van der Waals surface area contributed by atoms with Crippen LogP contribution >= 0.6 is 27.3 Å². The molecule has 9 nitrogen and oxygen atoms in total. The van der Waals surface area contributed by atoms with Crippen LogP contribution in [0, 0.1) is 6.92 Å². The molecule has 4 heterocycles. The van der Waals surface area contributed by atoms with Crippen molar-refractivity contribution < 1.29 is 9.84 Å². The number of anilines is 5. The zero-order valence-electron chi connectivity index (χ0n) is 24.0. The molecule has 0 aliphatic carbocycles. The van der Waals surface area contributed by atoms with E-state index in [1.54, 1.807) is 27.2 Å². The number of benzene rings is 1. The van der Waals surface area contributed by atoms with Crippen molar-refractivity contribution in [1.82, 2.24) is 19.8 Å². The lowest BCUT2D eigenvalue weighted by molar-refractivity contribution is 0.0832. The largest absolute Gasteiger partial charge is 0.495 e. The summed E-state index contributed by atoms with van der Waals surface area (Å²) in [4.78, 5) is 17.6. The average Bonchev–Trinajstić information content (AvgIpc) is 3.41. The SMILES string of the molecule is COc1cc(Nc2ncc(Br)c(Nc3ccsc3C(C)(C)O)n2)c(C)cc1N1CCC(N2CCN(C)CC2)CC1. The molecule has 2 aromatic heterocycles. The number of nitrogens with one attached hydrogen (secondary N) is 2. The third-order valence-electron chi connectivity index (χ3n) is 7.85. The van der Waals surface area contributed by atoms with Gasteiger partial charge in [0.15, 0.2) is 0 Å². The van der Waals surface area contributed by atoms with Crippen molar-refractivity contribution in [3.8, 4) is 5.75 Å². The number of aliphatic hydroxyl groups is 1. The molecule has 40 heavy (non-hydrogen) atoms. The van der Waals surface area contributed by atoms with Crippen molar-refractivity contribution in [2.45, 2.75) is 45.3 Å². The second-order valence-electron chi connectivity index (χ2n) is 11.3. The molecule has 2 aliphatic heterocycles. The molecule has 0 saturated carbocycles. The number of thiophene rings is 1. The Labute approximate surface area is 249 Å². The van der Waals surface area contributed by atoms with Crippen LogP contribution in [0.1, 0.15) is 37.1 Å². The Morgan fingerprint density at radius 1 is 1.07 bits per heavy atom. The highest BCUT2D eigenvalue weighted by molar-refractivity contribution is 9.10. The van der Waals surface area contributed by atoms with E-state index < -0.39 is 5.60 Å². The molecule has 5 rings (SSSR count). The molecule has 2 aliphatic rings. The monoisotopic (exact) mass is 629 g/mol. The van der Waals surface area contributed by atoms with Crippen LogP contribution < -0.4 is 20.3 Å². The van der Waals surface area contributed by atoms with Gasteiger partial charge >= 0.3 is 0 Å². The van der Waals surface area contributed by atoms with Gasteiger partial charge in [0.1, 0.15) is 11.6 Å². The van der Waals surface area contributed by atoms with Crippen molar-refractivity contribution in [2.24, 2.45) is 0 Å². The first-order valence-corrected chi connectivity index (χ1v) is 15.5. The van der Waals surface area contributed by atoms with Crippen LogP contribution in [0.15, 0.2) is 34.2 Å². The van der Waals surface area contributed by atoms with Crippen molar-refractivity contribution in [2.75, 3.05) is 69.0 Å². The van der Waals surface area contributed by atoms with E-state index >= 15 is 0 Å². The van der Waals surface area contributed by atoms with E-state index in [0.29, 0.717) is 17.8 Å². The first kappa shape index (κ1) is 29.1. The van der Waals surface area contributed by atoms with Gasteiger partial charge in [-0.15, -0.1) is 11.3 Å². The maximum atomic E-state index is 10.5. The lowest BCUT2D eigenvalue weighted by Gasteiger charge is -2.42. The summed E-state index contributed by atoms with van der Waals surface area (Å²) in [6, 6.07) is 6.86. The summed E-state index contributed by atoms with van der Waals surface area (Å²) in [7, 11) is 3.94. The molecular weight excluding hydrogens is 590 g/mol. The fraction of sp³-hybridized carbons (Fsp3) is 0.517. The lowest BCUT2D eigenvalue weighted by Crippen LogP contribution is -2.52.